The minimum Gasteiger partial charge on any atom is -0.294 e. The maximum Gasteiger partial charge on any atom is 0.165 e. The molecule has 23 heavy (non-hydrogen) atoms. The highest BCUT2D eigenvalue weighted by Crippen LogP contribution is 2.09. The fourth-order valence-electron chi connectivity index (χ4n) is 1.91. The van der Waals surface area contributed by atoms with Crippen molar-refractivity contribution in [1.29, 1.82) is 0 Å². The first-order valence-electron chi connectivity index (χ1n) is 7.72. The molecule has 2 aromatic rings. The highest BCUT2D eigenvalue weighted by molar-refractivity contribution is 5.97. The molecule has 3 heteroatoms. The Hall–Kier alpha value is -2.29. The molecule has 0 heterocycles. The SMILES string of the molecule is CC(C)C(=O)c1cccc(F)c1.CC(C)C(=O)c1ccccc1. The van der Waals surface area contributed by atoms with Gasteiger partial charge in [-0.25, -0.2) is 4.39 Å². The molecule has 0 unspecified atom stereocenters. The Bertz CT molecular complexity index is 646. The summed E-state index contributed by atoms with van der Waals surface area (Å²) >= 11 is 0. The lowest BCUT2D eigenvalue weighted by Gasteiger charge is -2.02. The molecule has 2 aromatic carbocycles. The fraction of sp³-hybridized carbons (Fsp3) is 0.300. The average molecular weight is 314 g/mol. The van der Waals surface area contributed by atoms with Gasteiger partial charge in [-0.3, -0.25) is 9.59 Å². The molecule has 0 fully saturated rings. The number of Topliss-reactive ketones (excluding diaryl/α,β-unsaturated/α-hetero) is 2. The van der Waals surface area contributed by atoms with Crippen LogP contribution in [0.25, 0.3) is 0 Å². The predicted molar refractivity (Wildman–Crippen MR) is 91.2 cm³/mol. The van der Waals surface area contributed by atoms with Gasteiger partial charge in [-0.2, -0.15) is 0 Å². The van der Waals surface area contributed by atoms with E-state index in [2.05, 4.69) is 0 Å². The van der Waals surface area contributed by atoms with Crippen molar-refractivity contribution >= 4 is 11.6 Å². The van der Waals surface area contributed by atoms with Crippen molar-refractivity contribution < 1.29 is 14.0 Å². The topological polar surface area (TPSA) is 34.1 Å². The van der Waals surface area contributed by atoms with Crippen LogP contribution in [0.5, 0.6) is 0 Å². The Kier molecular flexibility index (Phi) is 7.33. The highest BCUT2D eigenvalue weighted by atomic mass is 19.1. The van der Waals surface area contributed by atoms with Crippen molar-refractivity contribution in [3.8, 4) is 0 Å². The van der Waals surface area contributed by atoms with Crippen molar-refractivity contribution in [2.75, 3.05) is 0 Å². The predicted octanol–water partition coefficient (Wildman–Crippen LogP) is 5.19. The lowest BCUT2D eigenvalue weighted by molar-refractivity contribution is 0.0932. The summed E-state index contributed by atoms with van der Waals surface area (Å²) in [5, 5.41) is 0. The van der Waals surface area contributed by atoms with Crippen molar-refractivity contribution in [1.82, 2.24) is 0 Å². The maximum absolute atomic E-state index is 12.6. The summed E-state index contributed by atoms with van der Waals surface area (Å²) in [6.07, 6.45) is 0. The zero-order valence-corrected chi connectivity index (χ0v) is 14.0. The van der Waals surface area contributed by atoms with Crippen LogP contribution >= 0.6 is 0 Å². The molecule has 0 bridgehead atoms. The summed E-state index contributed by atoms with van der Waals surface area (Å²) in [4.78, 5) is 22.7. The highest BCUT2D eigenvalue weighted by Gasteiger charge is 2.10. The third-order valence-corrected chi connectivity index (χ3v) is 3.22. The number of ketones is 2. The molecule has 0 aliphatic rings. The van der Waals surface area contributed by atoms with Gasteiger partial charge in [-0.15, -0.1) is 0 Å². The van der Waals surface area contributed by atoms with E-state index in [0.717, 1.165) is 5.56 Å². The van der Waals surface area contributed by atoms with Crippen molar-refractivity contribution in [2.45, 2.75) is 27.7 Å². The first-order valence-corrected chi connectivity index (χ1v) is 7.72. The zero-order valence-electron chi connectivity index (χ0n) is 14.0. The van der Waals surface area contributed by atoms with Crippen LogP contribution in [0.1, 0.15) is 48.4 Å². The molecule has 122 valence electrons. The Morgan fingerprint density at radius 1 is 0.739 bits per heavy atom. The molecule has 0 aliphatic carbocycles. The summed E-state index contributed by atoms with van der Waals surface area (Å²) < 4.78 is 12.6. The molecule has 0 atom stereocenters. The Labute approximate surface area is 137 Å². The Morgan fingerprint density at radius 2 is 1.22 bits per heavy atom. The van der Waals surface area contributed by atoms with Gasteiger partial charge in [-0.1, -0.05) is 70.2 Å². The zero-order chi connectivity index (χ0) is 17.4. The van der Waals surface area contributed by atoms with E-state index in [1.165, 1.54) is 12.1 Å². The third kappa shape index (κ3) is 6.15. The first-order chi connectivity index (χ1) is 10.8. The van der Waals surface area contributed by atoms with E-state index in [4.69, 9.17) is 0 Å². The second kappa shape index (κ2) is 8.99. The van der Waals surface area contributed by atoms with Gasteiger partial charge in [0.2, 0.25) is 0 Å². The molecular formula is C20H23FO2. The number of halogens is 1. The van der Waals surface area contributed by atoms with Gasteiger partial charge in [0, 0.05) is 23.0 Å². The summed E-state index contributed by atoms with van der Waals surface area (Å²) in [5.74, 6) is -0.147. The minimum atomic E-state index is -0.360. The van der Waals surface area contributed by atoms with Crippen molar-refractivity contribution in [3.05, 3.63) is 71.5 Å². The van der Waals surface area contributed by atoms with E-state index in [0.29, 0.717) is 5.56 Å². The number of hydrogen-bond donors (Lipinski definition) is 0. The average Bonchev–Trinajstić information content (AvgIpc) is 2.54. The number of carbonyl (C=O) groups is 2. The normalized spacial score (nSPS) is 10.2. The van der Waals surface area contributed by atoms with Crippen LogP contribution in [0.2, 0.25) is 0 Å². The summed E-state index contributed by atoms with van der Waals surface area (Å²) in [6, 6.07) is 15.2. The van der Waals surface area contributed by atoms with Crippen LogP contribution < -0.4 is 0 Å². The Balaban J connectivity index is 0.000000231. The molecule has 0 spiro atoms. The van der Waals surface area contributed by atoms with Crippen LogP contribution in [0.15, 0.2) is 54.6 Å². The molecular weight excluding hydrogens is 291 g/mol. The van der Waals surface area contributed by atoms with Gasteiger partial charge in [0.15, 0.2) is 11.6 Å². The molecule has 0 N–H and O–H groups in total. The molecule has 2 nitrogen and oxygen atoms in total. The lowest BCUT2D eigenvalue weighted by Crippen LogP contribution is -2.07. The third-order valence-electron chi connectivity index (χ3n) is 3.22. The molecule has 0 radical (unpaired) electrons. The van der Waals surface area contributed by atoms with E-state index >= 15 is 0 Å². The monoisotopic (exact) mass is 314 g/mol. The number of hydrogen-bond acceptors (Lipinski definition) is 2. The second-order valence-electron chi connectivity index (χ2n) is 5.91. The summed E-state index contributed by atoms with van der Waals surface area (Å²) in [5.41, 5.74) is 1.26. The summed E-state index contributed by atoms with van der Waals surface area (Å²) in [7, 11) is 0. The molecule has 0 saturated heterocycles. The van der Waals surface area contributed by atoms with Gasteiger partial charge >= 0.3 is 0 Å². The van der Waals surface area contributed by atoms with Gasteiger partial charge in [0.1, 0.15) is 5.82 Å². The lowest BCUT2D eigenvalue weighted by atomic mass is 10.0. The standard InChI is InChI=1S/C10H11FO.C10H12O/c1-7(2)10(12)8-4-3-5-9(11)6-8;1-8(2)10(11)9-6-4-3-5-7-9/h3-7H,1-2H3;3-8H,1-2H3. The van der Waals surface area contributed by atoms with E-state index in [9.17, 15) is 14.0 Å². The van der Waals surface area contributed by atoms with Crippen LogP contribution in [-0.2, 0) is 0 Å². The number of carbonyl (C=O) groups excluding carboxylic acids is 2. The van der Waals surface area contributed by atoms with E-state index in [1.807, 2.05) is 44.2 Å². The molecule has 0 aromatic heterocycles. The fourth-order valence-corrected chi connectivity index (χ4v) is 1.91. The number of rotatable bonds is 4. The van der Waals surface area contributed by atoms with Crippen LogP contribution in [-0.4, -0.2) is 11.6 Å². The number of benzene rings is 2. The van der Waals surface area contributed by atoms with Gasteiger partial charge in [0.25, 0.3) is 0 Å². The van der Waals surface area contributed by atoms with Crippen molar-refractivity contribution in [3.63, 3.8) is 0 Å². The largest absolute Gasteiger partial charge is 0.294 e. The van der Waals surface area contributed by atoms with E-state index in [1.54, 1.807) is 26.0 Å². The van der Waals surface area contributed by atoms with Crippen molar-refractivity contribution in [2.24, 2.45) is 11.8 Å². The first kappa shape index (κ1) is 18.8. The maximum atomic E-state index is 12.6. The second-order valence-corrected chi connectivity index (χ2v) is 5.91. The van der Waals surface area contributed by atoms with Crippen LogP contribution in [0.3, 0.4) is 0 Å². The smallest absolute Gasteiger partial charge is 0.165 e. The van der Waals surface area contributed by atoms with E-state index in [-0.39, 0.29) is 29.2 Å². The quantitative estimate of drug-likeness (QED) is 0.728. The van der Waals surface area contributed by atoms with Crippen LogP contribution in [0, 0.1) is 17.7 Å². The van der Waals surface area contributed by atoms with Gasteiger partial charge in [0.05, 0.1) is 0 Å². The molecule has 0 amide bonds. The summed E-state index contributed by atoms with van der Waals surface area (Å²) in [6.45, 7) is 7.42. The minimum absolute atomic E-state index is 0.0190. The van der Waals surface area contributed by atoms with Gasteiger partial charge in [-0.05, 0) is 12.1 Å². The van der Waals surface area contributed by atoms with Crippen LogP contribution in [0.4, 0.5) is 4.39 Å². The van der Waals surface area contributed by atoms with E-state index < -0.39 is 0 Å². The molecule has 2 rings (SSSR count). The molecule has 0 aliphatic heterocycles. The van der Waals surface area contributed by atoms with Gasteiger partial charge < -0.3 is 0 Å². The molecule has 0 saturated carbocycles. The Morgan fingerprint density at radius 3 is 1.70 bits per heavy atom.